The Labute approximate surface area is 124 Å². The number of rotatable bonds is 4. The number of ether oxygens (including phenoxy) is 2. The Morgan fingerprint density at radius 2 is 1.80 bits per heavy atom. The normalized spacial score (nSPS) is 28.8. The van der Waals surface area contributed by atoms with Crippen molar-refractivity contribution in [2.24, 2.45) is 5.92 Å². The average molecular weight is 316 g/mol. The van der Waals surface area contributed by atoms with Crippen molar-refractivity contribution < 1.29 is 23.5 Å². The van der Waals surface area contributed by atoms with Gasteiger partial charge in [-0.05, 0) is 31.8 Å². The van der Waals surface area contributed by atoms with Gasteiger partial charge in [-0.25, -0.2) is 9.59 Å². The summed E-state index contributed by atoms with van der Waals surface area (Å²) in [5.74, 6) is -0.154. The van der Waals surface area contributed by atoms with Crippen LogP contribution in [0, 0.1) is 5.92 Å². The summed E-state index contributed by atoms with van der Waals surface area (Å²) in [4.78, 5) is 23.3. The lowest BCUT2D eigenvalue weighted by Gasteiger charge is -2.48. The number of thioether (sulfide) groups is 1. The maximum Gasteiger partial charge on any atom is 0.338 e. The largest absolute Gasteiger partial charge is 0.466 e. The van der Waals surface area contributed by atoms with Crippen LogP contribution < -0.4 is 0 Å². The molecule has 0 amide bonds. The lowest BCUT2D eigenvalue weighted by atomic mass is 9.72. The Kier molecular flexibility index (Phi) is 4.05. The topological polar surface area (TPSA) is 61.8 Å². The lowest BCUT2D eigenvalue weighted by Crippen LogP contribution is -2.55. The molecule has 0 N–H and O–H groups in total. The molecule has 0 bridgehead atoms. The molecule has 1 heterocycles. The number of carbonyl (C=O) groups excluding carboxylic acids is 2. The van der Waals surface area contributed by atoms with Crippen molar-refractivity contribution >= 4 is 32.0 Å². The zero-order valence-electron chi connectivity index (χ0n) is 12.4. The molecule has 0 aromatic carbocycles. The SMILES string of the molecule is COC(=O)C1=C(C(=O)OC)[C@]2(O[Si](C)(C)C)SCC[C@@H]12. The summed E-state index contributed by atoms with van der Waals surface area (Å²) in [5.41, 5.74) is 0.782. The first-order valence-corrected chi connectivity index (χ1v) is 10.9. The van der Waals surface area contributed by atoms with Crippen LogP contribution in [0.15, 0.2) is 11.1 Å². The molecule has 0 saturated carbocycles. The highest BCUT2D eigenvalue weighted by Crippen LogP contribution is 2.61. The Balaban J connectivity index is 2.47. The Hall–Kier alpha value is -0.793. The van der Waals surface area contributed by atoms with Gasteiger partial charge in [0.05, 0.1) is 25.4 Å². The van der Waals surface area contributed by atoms with E-state index in [9.17, 15) is 9.59 Å². The Morgan fingerprint density at radius 3 is 2.30 bits per heavy atom. The van der Waals surface area contributed by atoms with E-state index in [2.05, 4.69) is 19.6 Å². The van der Waals surface area contributed by atoms with Crippen LogP contribution in [0.3, 0.4) is 0 Å². The summed E-state index contributed by atoms with van der Waals surface area (Å²) in [7, 11) is 0.769. The fraction of sp³-hybridized carbons (Fsp3) is 0.692. The minimum Gasteiger partial charge on any atom is -0.466 e. The first-order valence-electron chi connectivity index (χ1n) is 6.52. The molecule has 2 aliphatic rings. The molecule has 112 valence electrons. The molecule has 0 spiro atoms. The molecular formula is C13H20O5SSi. The van der Waals surface area contributed by atoms with Crippen molar-refractivity contribution in [3.05, 3.63) is 11.1 Å². The maximum absolute atomic E-state index is 12.1. The van der Waals surface area contributed by atoms with E-state index < -0.39 is 25.2 Å². The summed E-state index contributed by atoms with van der Waals surface area (Å²) >= 11 is 1.60. The van der Waals surface area contributed by atoms with Gasteiger partial charge < -0.3 is 13.9 Å². The van der Waals surface area contributed by atoms with Gasteiger partial charge in [-0.15, -0.1) is 11.8 Å². The minimum atomic E-state index is -1.88. The van der Waals surface area contributed by atoms with Crippen LogP contribution in [0.4, 0.5) is 0 Å². The van der Waals surface area contributed by atoms with Crippen LogP contribution in [0.2, 0.25) is 19.6 Å². The van der Waals surface area contributed by atoms with E-state index in [1.54, 1.807) is 11.8 Å². The average Bonchev–Trinajstić information content (AvgIpc) is 2.67. The zero-order chi connectivity index (χ0) is 15.1. The highest BCUT2D eigenvalue weighted by molar-refractivity contribution is 8.01. The summed E-state index contributed by atoms with van der Waals surface area (Å²) in [6, 6.07) is 0. The third kappa shape index (κ3) is 2.31. The summed E-state index contributed by atoms with van der Waals surface area (Å²) in [6.45, 7) is 6.22. The second kappa shape index (κ2) is 5.20. The van der Waals surface area contributed by atoms with E-state index >= 15 is 0 Å². The first kappa shape index (κ1) is 15.6. The molecule has 2 atom stereocenters. The van der Waals surface area contributed by atoms with Gasteiger partial charge in [-0.3, -0.25) is 0 Å². The molecule has 1 aliphatic carbocycles. The number of hydrogen-bond acceptors (Lipinski definition) is 6. The van der Waals surface area contributed by atoms with Crippen LogP contribution in [-0.2, 0) is 23.5 Å². The molecule has 0 unspecified atom stereocenters. The van der Waals surface area contributed by atoms with Crippen LogP contribution in [-0.4, -0.2) is 45.2 Å². The van der Waals surface area contributed by atoms with E-state index in [4.69, 9.17) is 13.9 Å². The van der Waals surface area contributed by atoms with E-state index in [-0.39, 0.29) is 5.92 Å². The van der Waals surface area contributed by atoms with Crippen LogP contribution in [0.1, 0.15) is 6.42 Å². The van der Waals surface area contributed by atoms with E-state index in [0.717, 1.165) is 12.2 Å². The fourth-order valence-corrected chi connectivity index (χ4v) is 6.37. The van der Waals surface area contributed by atoms with Crippen LogP contribution in [0.25, 0.3) is 0 Å². The quantitative estimate of drug-likeness (QED) is 0.583. The van der Waals surface area contributed by atoms with Gasteiger partial charge in [0, 0.05) is 5.92 Å². The summed E-state index contributed by atoms with van der Waals surface area (Å²) < 4.78 is 15.9. The van der Waals surface area contributed by atoms with E-state index in [1.807, 2.05) is 0 Å². The predicted octanol–water partition coefficient (Wildman–Crippen LogP) is 1.94. The van der Waals surface area contributed by atoms with Gasteiger partial charge in [0.1, 0.15) is 4.93 Å². The Bertz CT molecular complexity index is 482. The lowest BCUT2D eigenvalue weighted by molar-refractivity contribution is -0.144. The third-order valence-corrected chi connectivity index (χ3v) is 5.92. The molecule has 20 heavy (non-hydrogen) atoms. The molecule has 0 aromatic heterocycles. The van der Waals surface area contributed by atoms with Crippen LogP contribution >= 0.6 is 11.8 Å². The third-order valence-electron chi connectivity index (χ3n) is 3.40. The molecular weight excluding hydrogens is 296 g/mol. The van der Waals surface area contributed by atoms with Gasteiger partial charge in [-0.2, -0.15) is 0 Å². The second-order valence-corrected chi connectivity index (χ2v) is 11.6. The zero-order valence-corrected chi connectivity index (χ0v) is 14.3. The van der Waals surface area contributed by atoms with Crippen molar-refractivity contribution in [3.8, 4) is 0 Å². The molecule has 7 heteroatoms. The van der Waals surface area contributed by atoms with Crippen molar-refractivity contribution in [2.45, 2.75) is 31.0 Å². The fourth-order valence-electron chi connectivity index (χ4n) is 2.80. The number of methoxy groups -OCH3 is 2. The second-order valence-electron chi connectivity index (χ2n) is 5.84. The van der Waals surface area contributed by atoms with Gasteiger partial charge in [0.2, 0.25) is 0 Å². The first-order chi connectivity index (χ1) is 9.27. The van der Waals surface area contributed by atoms with Gasteiger partial charge in [0.15, 0.2) is 8.32 Å². The maximum atomic E-state index is 12.1. The van der Waals surface area contributed by atoms with Crippen LogP contribution in [0.5, 0.6) is 0 Å². The molecule has 0 aromatic rings. The highest BCUT2D eigenvalue weighted by Gasteiger charge is 2.64. The van der Waals surface area contributed by atoms with Crippen molar-refractivity contribution in [3.63, 3.8) is 0 Å². The Morgan fingerprint density at radius 1 is 1.20 bits per heavy atom. The van der Waals surface area contributed by atoms with E-state index in [0.29, 0.717) is 11.1 Å². The van der Waals surface area contributed by atoms with E-state index in [1.165, 1.54) is 14.2 Å². The van der Waals surface area contributed by atoms with Crippen molar-refractivity contribution in [2.75, 3.05) is 20.0 Å². The molecule has 1 aliphatic heterocycles. The molecule has 5 nitrogen and oxygen atoms in total. The van der Waals surface area contributed by atoms with Gasteiger partial charge in [0.25, 0.3) is 0 Å². The number of hydrogen-bond donors (Lipinski definition) is 0. The van der Waals surface area contributed by atoms with Crippen molar-refractivity contribution in [1.82, 2.24) is 0 Å². The number of carbonyl (C=O) groups is 2. The number of esters is 2. The minimum absolute atomic E-state index is 0.0687. The highest BCUT2D eigenvalue weighted by atomic mass is 32.2. The number of fused-ring (bicyclic) bond motifs is 1. The monoisotopic (exact) mass is 316 g/mol. The molecule has 0 radical (unpaired) electrons. The molecule has 1 fully saturated rings. The molecule has 1 saturated heterocycles. The summed E-state index contributed by atoms with van der Waals surface area (Å²) in [6.07, 6.45) is 0.820. The predicted molar refractivity (Wildman–Crippen MR) is 78.8 cm³/mol. The molecule has 2 rings (SSSR count). The van der Waals surface area contributed by atoms with Gasteiger partial charge >= 0.3 is 11.9 Å². The van der Waals surface area contributed by atoms with Gasteiger partial charge in [-0.1, -0.05) is 0 Å². The smallest absolute Gasteiger partial charge is 0.338 e. The summed E-state index contributed by atoms with van der Waals surface area (Å²) in [5, 5.41) is 0. The van der Waals surface area contributed by atoms with Crippen molar-refractivity contribution in [1.29, 1.82) is 0 Å². The standard InChI is InChI=1S/C13H20O5SSi/c1-16-11(14)9-8-6-7-19-13(8,18-20(3,4)5)10(9)12(15)17-2/h8H,6-7H2,1-5H3/t8-,13+/m0/s1.